The largest absolute Gasteiger partial charge is 0.482 e. The predicted octanol–water partition coefficient (Wildman–Crippen LogP) is 10.1. The van der Waals surface area contributed by atoms with Crippen LogP contribution in [0.25, 0.3) is 10.4 Å². The highest BCUT2D eigenvalue weighted by atomic mass is 28.5. The lowest BCUT2D eigenvalue weighted by Crippen LogP contribution is -2.52. The molecule has 9 nitrogen and oxygen atoms in total. The number of unbranched alkanes of at least 4 members (excludes halogenated alkanes) is 23. The van der Waals surface area contributed by atoms with Gasteiger partial charge in [0.25, 0.3) is 0 Å². The second-order valence-corrected chi connectivity index (χ2v) is 20.6. The number of hydrogen-bond acceptors (Lipinski definition) is 7. The van der Waals surface area contributed by atoms with Crippen LogP contribution in [0.4, 0.5) is 0 Å². The first kappa shape index (κ1) is 45.7. The highest BCUT2D eigenvalue weighted by Gasteiger charge is 2.44. The number of azide groups is 1. The highest BCUT2D eigenvalue weighted by molar-refractivity contribution is 6.74. The van der Waals surface area contributed by atoms with Gasteiger partial charge in [0.1, 0.15) is 0 Å². The van der Waals surface area contributed by atoms with Crippen LogP contribution in [0.1, 0.15) is 174 Å². The van der Waals surface area contributed by atoms with Crippen molar-refractivity contribution in [3.05, 3.63) is 10.4 Å². The van der Waals surface area contributed by atoms with Crippen LogP contribution in [0.15, 0.2) is 5.11 Å². The average Bonchev–Trinajstić information content (AvgIpc) is 3.06. The molecular weight excluding hydrogens is 631 g/mol. The van der Waals surface area contributed by atoms with Gasteiger partial charge in [-0.2, -0.15) is 0 Å². The summed E-state index contributed by atoms with van der Waals surface area (Å²) in [7, 11) is -3.88. The number of aliphatic hydroxyl groups excluding tert-OH is 1. The second-order valence-electron chi connectivity index (χ2n) is 13.1. The molecule has 3 atom stereocenters. The lowest BCUT2D eigenvalue weighted by atomic mass is 10.1. The molecular formula is C34H75N3O6Si3. The van der Waals surface area contributed by atoms with Gasteiger partial charge >= 0.3 is 27.4 Å². The molecule has 0 heterocycles. The van der Waals surface area contributed by atoms with E-state index in [-0.39, 0.29) is 0 Å². The van der Waals surface area contributed by atoms with Gasteiger partial charge in [-0.3, -0.25) is 0 Å². The minimum atomic E-state index is -3.01. The monoisotopic (exact) mass is 705 g/mol. The lowest BCUT2D eigenvalue weighted by molar-refractivity contribution is 0.167. The molecule has 0 saturated heterocycles. The van der Waals surface area contributed by atoms with E-state index in [0.29, 0.717) is 13.2 Å². The molecule has 0 rings (SSSR count). The van der Waals surface area contributed by atoms with Gasteiger partial charge in [0.2, 0.25) is 0 Å². The molecule has 12 heteroatoms. The molecule has 0 bridgehead atoms. The van der Waals surface area contributed by atoms with Crippen molar-refractivity contribution in [3.63, 3.8) is 0 Å². The van der Waals surface area contributed by atoms with E-state index >= 15 is 0 Å². The molecule has 0 saturated carbocycles. The first-order valence-corrected chi connectivity index (χ1v) is 24.8. The van der Waals surface area contributed by atoms with E-state index in [1.165, 1.54) is 109 Å². The predicted molar refractivity (Wildman–Crippen MR) is 200 cm³/mol. The summed E-state index contributed by atoms with van der Waals surface area (Å²) >= 11 is 0. The fraction of sp³-hybridized carbons (Fsp3) is 1.00. The molecule has 0 aromatic carbocycles. The van der Waals surface area contributed by atoms with Crippen molar-refractivity contribution in [1.29, 1.82) is 0 Å². The smallest absolute Gasteiger partial charge is 0.413 e. The van der Waals surface area contributed by atoms with Crippen LogP contribution in [0.2, 0.25) is 18.1 Å². The molecule has 0 amide bonds. The van der Waals surface area contributed by atoms with Crippen LogP contribution in [-0.2, 0) is 17.1 Å². The number of hydrogen-bond donors (Lipinski definition) is 2. The zero-order valence-electron chi connectivity index (χ0n) is 30.4. The summed E-state index contributed by atoms with van der Waals surface area (Å²) in [6, 6.07) is 2.46. The van der Waals surface area contributed by atoms with Gasteiger partial charge in [-0.05, 0) is 36.9 Å². The van der Waals surface area contributed by atoms with Crippen molar-refractivity contribution >= 4 is 27.4 Å². The number of aliphatic hydroxyl groups is 1. The van der Waals surface area contributed by atoms with E-state index in [2.05, 4.69) is 16.9 Å². The Labute approximate surface area is 288 Å². The fourth-order valence-electron chi connectivity index (χ4n) is 5.95. The highest BCUT2D eigenvalue weighted by Crippen LogP contribution is 2.25. The van der Waals surface area contributed by atoms with Crippen molar-refractivity contribution in [3.8, 4) is 0 Å². The minimum absolute atomic E-state index is 0.300. The van der Waals surface area contributed by atoms with Crippen LogP contribution < -0.4 is 0 Å². The molecule has 0 aromatic heterocycles. The summed E-state index contributed by atoms with van der Waals surface area (Å²) in [5.41, 5.74) is 8.36. The summed E-state index contributed by atoms with van der Waals surface area (Å²) in [6.45, 7) is 3.18. The Bertz CT molecular complexity index is 682. The first-order chi connectivity index (χ1) is 22.6. The van der Waals surface area contributed by atoms with Crippen molar-refractivity contribution in [2.75, 3.05) is 27.4 Å². The van der Waals surface area contributed by atoms with E-state index in [1.807, 2.05) is 0 Å². The van der Waals surface area contributed by atoms with Crippen LogP contribution in [0.3, 0.4) is 0 Å². The van der Waals surface area contributed by atoms with E-state index in [9.17, 15) is 4.80 Å². The molecule has 46 heavy (non-hydrogen) atoms. The SMILES string of the molecule is CCCCCCCCCCC[SiH](OC)O[Si](CCCCCCCCCCCN=[N+]=[N-])(OC)O[SiH](O)CCCCCCCCCCO. The maximum absolute atomic E-state index is 11.1. The Morgan fingerprint density at radius 1 is 0.609 bits per heavy atom. The molecule has 0 aliphatic rings. The molecule has 0 spiro atoms. The molecule has 0 fully saturated rings. The van der Waals surface area contributed by atoms with E-state index in [4.69, 9.17) is 27.7 Å². The van der Waals surface area contributed by atoms with Gasteiger partial charge < -0.3 is 27.0 Å². The summed E-state index contributed by atoms with van der Waals surface area (Å²) in [6.07, 6.45) is 31.0. The topological polar surface area (TPSA) is 126 Å². The van der Waals surface area contributed by atoms with Gasteiger partial charge in [0.15, 0.2) is 0 Å². The standard InChI is InChI=1S/C34H75N3O6Si3/c1-4-5-6-7-8-12-18-23-28-33-45(40-2)43-46(41-3,34-29-24-19-14-9-10-15-20-25-30-36-37-35)42-44(39)32-27-22-17-13-11-16-21-26-31-38/h38-39,44-45H,4-34H2,1-3H3. The first-order valence-electron chi connectivity index (χ1n) is 19.3. The maximum Gasteiger partial charge on any atom is 0.482 e. The van der Waals surface area contributed by atoms with Crippen LogP contribution in [0, 0.1) is 0 Å². The van der Waals surface area contributed by atoms with Crippen LogP contribution >= 0.6 is 0 Å². The van der Waals surface area contributed by atoms with Gasteiger partial charge in [-0.1, -0.05) is 160 Å². The molecule has 0 aliphatic carbocycles. The van der Waals surface area contributed by atoms with Gasteiger partial charge in [-0.15, -0.1) is 0 Å². The van der Waals surface area contributed by atoms with Crippen LogP contribution in [0.5, 0.6) is 0 Å². The molecule has 0 radical (unpaired) electrons. The van der Waals surface area contributed by atoms with E-state index < -0.39 is 27.4 Å². The maximum atomic E-state index is 11.1. The fourth-order valence-corrected chi connectivity index (χ4v) is 15.4. The Hall–Kier alpha value is -0.279. The average molecular weight is 706 g/mol. The lowest BCUT2D eigenvalue weighted by Gasteiger charge is -2.33. The molecule has 274 valence electrons. The molecule has 3 unspecified atom stereocenters. The van der Waals surface area contributed by atoms with Crippen molar-refractivity contribution in [2.24, 2.45) is 5.11 Å². The summed E-state index contributed by atoms with van der Waals surface area (Å²) < 4.78 is 25.2. The van der Waals surface area contributed by atoms with Crippen molar-refractivity contribution in [1.82, 2.24) is 0 Å². The normalized spacial score (nSPS) is 14.2. The zero-order chi connectivity index (χ0) is 33.8. The quantitative estimate of drug-likeness (QED) is 0.0216. The Morgan fingerprint density at radius 2 is 1.07 bits per heavy atom. The summed E-state index contributed by atoms with van der Waals surface area (Å²) in [5.74, 6) is 0. The Balaban J connectivity index is 4.67. The minimum Gasteiger partial charge on any atom is -0.413 e. The van der Waals surface area contributed by atoms with Gasteiger partial charge in [0.05, 0.1) is 0 Å². The molecule has 2 N–H and O–H groups in total. The summed E-state index contributed by atoms with van der Waals surface area (Å²) in [4.78, 5) is 13.9. The number of rotatable bonds is 38. The second kappa shape index (κ2) is 36.0. The Kier molecular flexibility index (Phi) is 35.8. The molecule has 0 aromatic rings. The van der Waals surface area contributed by atoms with E-state index in [1.54, 1.807) is 14.2 Å². The van der Waals surface area contributed by atoms with Crippen molar-refractivity contribution in [2.45, 2.75) is 192 Å². The Morgan fingerprint density at radius 3 is 1.54 bits per heavy atom. The van der Waals surface area contributed by atoms with Gasteiger partial charge in [0, 0.05) is 38.3 Å². The zero-order valence-corrected chi connectivity index (χ0v) is 33.8. The van der Waals surface area contributed by atoms with Crippen molar-refractivity contribution < 1.29 is 27.0 Å². The molecule has 0 aliphatic heterocycles. The third-order valence-corrected chi connectivity index (χ3v) is 17.8. The van der Waals surface area contributed by atoms with Gasteiger partial charge in [-0.25, -0.2) is 0 Å². The van der Waals surface area contributed by atoms with Crippen LogP contribution in [-0.4, -0.2) is 64.6 Å². The third-order valence-electron chi connectivity index (χ3n) is 8.91. The third kappa shape index (κ3) is 29.8. The number of nitrogens with zero attached hydrogens (tertiary/aromatic N) is 3. The summed E-state index contributed by atoms with van der Waals surface area (Å²) in [5, 5.41) is 12.5. The van der Waals surface area contributed by atoms with E-state index in [0.717, 1.165) is 75.9 Å².